The van der Waals surface area contributed by atoms with Gasteiger partial charge in [-0.1, -0.05) is 12.1 Å². The number of aromatic nitrogens is 1. The lowest BCUT2D eigenvalue weighted by molar-refractivity contribution is -0.137. The Morgan fingerprint density at radius 1 is 1.22 bits per heavy atom. The van der Waals surface area contributed by atoms with Gasteiger partial charge in [0.1, 0.15) is 0 Å². The smallest absolute Gasteiger partial charge is 0.385 e. The van der Waals surface area contributed by atoms with Crippen molar-refractivity contribution >= 4 is 11.7 Å². The molecule has 9 heteroatoms. The van der Waals surface area contributed by atoms with E-state index in [0.29, 0.717) is 18.4 Å². The van der Waals surface area contributed by atoms with Gasteiger partial charge in [0.25, 0.3) is 5.91 Å². The molecule has 1 aromatic heterocycles. The Balaban J connectivity index is 1.09. The summed E-state index contributed by atoms with van der Waals surface area (Å²) in [7, 11) is 0. The number of fused-ring (bicyclic) bond motifs is 2. The van der Waals surface area contributed by atoms with E-state index >= 15 is 0 Å². The fourth-order valence-corrected chi connectivity index (χ4v) is 6.65. The van der Waals surface area contributed by atoms with Crippen molar-refractivity contribution in [3.8, 4) is 0 Å². The first-order valence-corrected chi connectivity index (χ1v) is 12.9. The summed E-state index contributed by atoms with van der Waals surface area (Å²) in [5, 5.41) is 13.9. The zero-order chi connectivity index (χ0) is 26.4. The van der Waals surface area contributed by atoms with E-state index in [1.165, 1.54) is 12.1 Å². The molecule has 198 valence electrons. The lowest BCUT2D eigenvalue weighted by atomic mass is 9.77. The van der Waals surface area contributed by atoms with Gasteiger partial charge in [-0.2, -0.15) is 13.2 Å². The van der Waals surface area contributed by atoms with Gasteiger partial charge >= 0.3 is 6.18 Å². The van der Waals surface area contributed by atoms with Gasteiger partial charge in [-0.3, -0.25) is 19.5 Å². The molecule has 3 aliphatic rings. The summed E-state index contributed by atoms with van der Waals surface area (Å²) in [6.07, 6.45) is 1.16. The molecule has 5 rings (SSSR count). The largest absolute Gasteiger partial charge is 0.416 e. The summed E-state index contributed by atoms with van der Waals surface area (Å²) in [6, 6.07) is 8.52. The molecular weight excluding hydrogens is 483 g/mol. The highest BCUT2D eigenvalue weighted by molar-refractivity contribution is 5.96. The predicted octanol–water partition coefficient (Wildman–Crippen LogP) is 4.11. The number of alkyl halides is 3. The number of benzene rings is 1. The lowest BCUT2D eigenvalue weighted by Crippen LogP contribution is -2.43. The van der Waals surface area contributed by atoms with Crippen LogP contribution in [0.15, 0.2) is 42.6 Å². The van der Waals surface area contributed by atoms with Crippen LogP contribution in [0.3, 0.4) is 0 Å². The van der Waals surface area contributed by atoms with E-state index in [4.69, 9.17) is 0 Å². The van der Waals surface area contributed by atoms with Crippen molar-refractivity contribution in [3.63, 3.8) is 0 Å². The fraction of sp³-hybridized carbons (Fsp3) is 0.536. The molecule has 2 heterocycles. The first kappa shape index (κ1) is 25.9. The number of aliphatic hydroxyl groups is 1. The maximum atomic E-state index is 12.9. The topological polar surface area (TPSA) is 82.5 Å². The van der Waals surface area contributed by atoms with Crippen LogP contribution in [0.4, 0.5) is 13.2 Å². The minimum Gasteiger partial charge on any atom is -0.385 e. The summed E-state index contributed by atoms with van der Waals surface area (Å²) in [5.41, 5.74) is 0.0104. The third-order valence-corrected chi connectivity index (χ3v) is 8.52. The van der Waals surface area contributed by atoms with Crippen LogP contribution in [0, 0.1) is 24.7 Å². The molecule has 1 saturated heterocycles. The van der Waals surface area contributed by atoms with E-state index in [1.54, 1.807) is 6.20 Å². The second-order valence-electron chi connectivity index (χ2n) is 11.0. The van der Waals surface area contributed by atoms with Gasteiger partial charge < -0.3 is 10.4 Å². The number of hydrogen-bond acceptors (Lipinski definition) is 5. The molecular formula is C28H32F3N3O3. The molecule has 5 unspecified atom stereocenters. The number of amides is 1. The Labute approximate surface area is 214 Å². The number of nitrogens with zero attached hydrogens (tertiary/aromatic N) is 2. The van der Waals surface area contributed by atoms with E-state index in [9.17, 15) is 27.9 Å². The van der Waals surface area contributed by atoms with Crippen molar-refractivity contribution in [1.82, 2.24) is 15.2 Å². The van der Waals surface area contributed by atoms with E-state index in [2.05, 4.69) is 15.2 Å². The Kier molecular flexibility index (Phi) is 6.87. The van der Waals surface area contributed by atoms with Gasteiger partial charge in [0.05, 0.1) is 17.7 Å². The molecule has 2 saturated carbocycles. The third-order valence-electron chi connectivity index (χ3n) is 8.52. The van der Waals surface area contributed by atoms with Gasteiger partial charge in [0.2, 0.25) is 0 Å². The molecule has 3 fully saturated rings. The van der Waals surface area contributed by atoms with Crippen LogP contribution in [0.2, 0.25) is 0 Å². The van der Waals surface area contributed by atoms with E-state index < -0.39 is 23.2 Å². The normalized spacial score (nSPS) is 29.5. The van der Waals surface area contributed by atoms with Gasteiger partial charge in [0, 0.05) is 42.0 Å². The highest BCUT2D eigenvalue weighted by Crippen LogP contribution is 2.57. The van der Waals surface area contributed by atoms with Crippen molar-refractivity contribution < 1.29 is 27.9 Å². The molecule has 6 nitrogen and oxygen atoms in total. The van der Waals surface area contributed by atoms with Crippen LogP contribution in [0.5, 0.6) is 0 Å². The number of nitrogens with one attached hydrogen (secondary N) is 1. The van der Waals surface area contributed by atoms with Gasteiger partial charge in [-0.15, -0.1) is 0 Å². The number of carbonyl (C=O) groups excluding carboxylic acids is 2. The molecule has 5 atom stereocenters. The molecule has 2 N–H and O–H groups in total. The lowest BCUT2D eigenvalue weighted by Gasteiger charge is -2.39. The SMILES string of the molecule is Cc1ccc(C2(O)CC3CC2CC3N2CCC(CC(=O)CNC(=O)c3cccc(C(F)(F)F)c3)C2)cn1. The van der Waals surface area contributed by atoms with Crippen LogP contribution in [0.25, 0.3) is 0 Å². The summed E-state index contributed by atoms with van der Waals surface area (Å²) < 4.78 is 38.7. The van der Waals surface area contributed by atoms with Gasteiger partial charge in [0.15, 0.2) is 5.78 Å². The number of ketones is 1. The van der Waals surface area contributed by atoms with Crippen molar-refractivity contribution in [1.29, 1.82) is 0 Å². The quantitative estimate of drug-likeness (QED) is 0.580. The molecule has 0 radical (unpaired) electrons. The second-order valence-corrected chi connectivity index (χ2v) is 11.0. The molecule has 1 amide bonds. The number of pyridine rings is 1. The zero-order valence-corrected chi connectivity index (χ0v) is 20.8. The number of Topliss-reactive ketones (excluding diaryl/α,β-unsaturated/α-hetero) is 1. The average molecular weight is 516 g/mol. The van der Waals surface area contributed by atoms with E-state index in [-0.39, 0.29) is 29.7 Å². The van der Waals surface area contributed by atoms with Crippen LogP contribution in [-0.2, 0) is 16.6 Å². The molecule has 1 aromatic carbocycles. The predicted molar refractivity (Wildman–Crippen MR) is 131 cm³/mol. The molecule has 0 spiro atoms. The minimum absolute atomic E-state index is 0.118. The molecule has 2 aromatic rings. The summed E-state index contributed by atoms with van der Waals surface area (Å²) in [4.78, 5) is 31.6. The van der Waals surface area contributed by atoms with Gasteiger partial charge in [-0.25, -0.2) is 0 Å². The first-order chi connectivity index (χ1) is 17.5. The minimum atomic E-state index is -4.53. The molecule has 1 aliphatic heterocycles. The van der Waals surface area contributed by atoms with Crippen LogP contribution in [-0.4, -0.2) is 52.4 Å². The fourth-order valence-electron chi connectivity index (χ4n) is 6.65. The van der Waals surface area contributed by atoms with E-state index in [0.717, 1.165) is 62.2 Å². The number of rotatable bonds is 7. The van der Waals surface area contributed by atoms with Crippen molar-refractivity contribution in [2.24, 2.45) is 17.8 Å². The highest BCUT2D eigenvalue weighted by atomic mass is 19.4. The monoisotopic (exact) mass is 515 g/mol. The average Bonchev–Trinajstić information content (AvgIpc) is 3.57. The maximum absolute atomic E-state index is 12.9. The first-order valence-electron chi connectivity index (χ1n) is 12.9. The third kappa shape index (κ3) is 5.29. The summed E-state index contributed by atoms with van der Waals surface area (Å²) >= 11 is 0. The van der Waals surface area contributed by atoms with Crippen LogP contribution in [0.1, 0.15) is 59.3 Å². The summed E-state index contributed by atoms with van der Waals surface area (Å²) in [6.45, 7) is 3.46. The van der Waals surface area contributed by atoms with Crippen molar-refractivity contribution in [3.05, 3.63) is 65.0 Å². The number of likely N-dealkylation sites (tertiary alicyclic amines) is 1. The number of halogens is 3. The second kappa shape index (κ2) is 9.83. The van der Waals surface area contributed by atoms with Crippen LogP contribution < -0.4 is 5.32 Å². The standard InChI is InChI=1S/C28H32F3N3O3/c1-17-5-6-22(14-32-17)27(37)13-20-11-23(27)12-25(20)34-8-7-18(16-34)9-24(35)15-33-26(36)19-3-2-4-21(10-19)28(29,30)31/h2-6,10,14,18,20,23,25,37H,7-9,11-13,15-16H2,1H3,(H,33,36). The summed E-state index contributed by atoms with van der Waals surface area (Å²) in [5.74, 6) is 0.000582. The molecule has 2 bridgehead atoms. The van der Waals surface area contributed by atoms with Crippen LogP contribution >= 0.6 is 0 Å². The zero-order valence-electron chi connectivity index (χ0n) is 20.8. The Hall–Kier alpha value is -2.78. The maximum Gasteiger partial charge on any atom is 0.416 e. The van der Waals surface area contributed by atoms with Crippen molar-refractivity contribution in [2.45, 2.75) is 56.8 Å². The van der Waals surface area contributed by atoms with Gasteiger partial charge in [-0.05, 0) is 81.2 Å². The number of carbonyl (C=O) groups is 2. The Bertz CT molecular complexity index is 1170. The molecule has 2 aliphatic carbocycles. The highest BCUT2D eigenvalue weighted by Gasteiger charge is 2.56. The Morgan fingerprint density at radius 3 is 2.70 bits per heavy atom. The van der Waals surface area contributed by atoms with Crippen molar-refractivity contribution in [2.75, 3.05) is 19.6 Å². The number of aryl methyl sites for hydroxylation is 1. The van der Waals surface area contributed by atoms with E-state index in [1.807, 2.05) is 19.1 Å². The Morgan fingerprint density at radius 2 is 2.03 bits per heavy atom. The molecule has 37 heavy (non-hydrogen) atoms. The number of hydrogen-bond donors (Lipinski definition) is 2.